The molecule has 0 aliphatic rings. The summed E-state index contributed by atoms with van der Waals surface area (Å²) in [6.45, 7) is 0. The van der Waals surface area contributed by atoms with Crippen molar-refractivity contribution < 1.29 is 9.66 Å². The van der Waals surface area contributed by atoms with E-state index in [1.54, 1.807) is 18.2 Å². The molecule has 1 radical (unpaired) electrons. The van der Waals surface area contributed by atoms with E-state index in [1.807, 2.05) is 0 Å². The number of rotatable bonds is 3. The van der Waals surface area contributed by atoms with Crippen molar-refractivity contribution in [3.63, 3.8) is 0 Å². The van der Waals surface area contributed by atoms with Crippen molar-refractivity contribution in [1.29, 1.82) is 0 Å². The van der Waals surface area contributed by atoms with Gasteiger partial charge in [0.15, 0.2) is 0 Å². The number of nitrogens with zero attached hydrogens (tertiary/aromatic N) is 1. The molecule has 1 aromatic carbocycles. The molecule has 1 aromatic rings. The molecule has 0 saturated carbocycles. The van der Waals surface area contributed by atoms with E-state index in [4.69, 9.17) is 4.74 Å². The Morgan fingerprint density at radius 2 is 2.46 bits per heavy atom. The third-order valence-electron chi connectivity index (χ3n) is 1.41. The predicted molar refractivity (Wildman–Crippen MR) is 47.9 cm³/mol. The van der Waals surface area contributed by atoms with Crippen LogP contribution in [-0.2, 0) is 0 Å². The third kappa shape index (κ3) is 2.94. The molecule has 0 bridgehead atoms. The van der Waals surface area contributed by atoms with Crippen LogP contribution in [0.4, 0.5) is 0 Å². The van der Waals surface area contributed by atoms with Crippen molar-refractivity contribution in [3.8, 4) is 5.75 Å². The van der Waals surface area contributed by atoms with E-state index in [0.717, 1.165) is 6.20 Å². The van der Waals surface area contributed by atoms with Crippen LogP contribution in [0.15, 0.2) is 24.4 Å². The third-order valence-corrected chi connectivity index (χ3v) is 1.41. The summed E-state index contributed by atoms with van der Waals surface area (Å²) in [4.78, 5) is 9.50. The molecule has 0 aromatic heterocycles. The Hall–Kier alpha value is -1.84. The Bertz CT molecular complexity index is 333. The molecular weight excluding hydrogens is 170 g/mol. The van der Waals surface area contributed by atoms with Gasteiger partial charge in [-0.05, 0) is 17.7 Å². The van der Waals surface area contributed by atoms with Crippen LogP contribution in [0.5, 0.6) is 5.75 Å². The molecule has 0 aliphatic carbocycles. The van der Waals surface area contributed by atoms with Gasteiger partial charge in [0.25, 0.3) is 0 Å². The first-order valence-corrected chi connectivity index (χ1v) is 3.60. The SMILES string of the molecule is COc1[c]ccc(C=C[N+](=O)[O-])c1. The minimum Gasteiger partial charge on any atom is -0.496 e. The maximum absolute atomic E-state index is 10.0. The molecule has 67 valence electrons. The molecule has 0 N–H and O–H groups in total. The van der Waals surface area contributed by atoms with E-state index >= 15 is 0 Å². The minimum atomic E-state index is -0.511. The molecule has 13 heavy (non-hydrogen) atoms. The Kier molecular flexibility index (Phi) is 3.03. The molecule has 4 heteroatoms. The molecule has 4 nitrogen and oxygen atoms in total. The van der Waals surface area contributed by atoms with Crippen molar-refractivity contribution in [2.75, 3.05) is 7.11 Å². The molecule has 1 rings (SSSR count). The fourth-order valence-electron chi connectivity index (χ4n) is 0.830. The quantitative estimate of drug-likeness (QED) is 0.523. The highest BCUT2D eigenvalue weighted by molar-refractivity contribution is 5.50. The number of methoxy groups -OCH3 is 1. The number of hydrogen-bond acceptors (Lipinski definition) is 3. The molecule has 0 spiro atoms. The van der Waals surface area contributed by atoms with E-state index < -0.39 is 4.92 Å². The summed E-state index contributed by atoms with van der Waals surface area (Å²) >= 11 is 0. The summed E-state index contributed by atoms with van der Waals surface area (Å²) < 4.78 is 4.90. The molecule has 0 atom stereocenters. The smallest absolute Gasteiger partial charge is 0.235 e. The van der Waals surface area contributed by atoms with Gasteiger partial charge in [-0.2, -0.15) is 0 Å². The van der Waals surface area contributed by atoms with Gasteiger partial charge in [0.05, 0.1) is 12.0 Å². The topological polar surface area (TPSA) is 52.4 Å². The lowest BCUT2D eigenvalue weighted by Gasteiger charge is -1.97. The van der Waals surface area contributed by atoms with Gasteiger partial charge in [0.1, 0.15) is 5.75 Å². The molecule has 0 unspecified atom stereocenters. The highest BCUT2D eigenvalue weighted by Gasteiger charge is 1.93. The van der Waals surface area contributed by atoms with Crippen molar-refractivity contribution in [2.24, 2.45) is 0 Å². The summed E-state index contributed by atoms with van der Waals surface area (Å²) in [5, 5.41) is 10.0. The van der Waals surface area contributed by atoms with Crippen LogP contribution >= 0.6 is 0 Å². The molecule has 0 saturated heterocycles. The van der Waals surface area contributed by atoms with Crippen LogP contribution in [0.3, 0.4) is 0 Å². The summed E-state index contributed by atoms with van der Waals surface area (Å²) in [6.07, 6.45) is 2.28. The lowest BCUT2D eigenvalue weighted by Crippen LogP contribution is -1.85. The first-order chi connectivity index (χ1) is 6.22. The fraction of sp³-hybridized carbons (Fsp3) is 0.111. The van der Waals surface area contributed by atoms with E-state index in [-0.39, 0.29) is 0 Å². The van der Waals surface area contributed by atoms with Gasteiger partial charge in [-0.1, -0.05) is 6.07 Å². The number of benzene rings is 1. The summed E-state index contributed by atoms with van der Waals surface area (Å²) in [6, 6.07) is 7.85. The van der Waals surface area contributed by atoms with Crippen LogP contribution in [0.1, 0.15) is 5.56 Å². The van der Waals surface area contributed by atoms with Gasteiger partial charge in [-0.25, -0.2) is 0 Å². The normalized spacial score (nSPS) is 10.2. The number of nitro groups is 1. The lowest BCUT2D eigenvalue weighted by atomic mass is 10.2. The van der Waals surface area contributed by atoms with Gasteiger partial charge in [0, 0.05) is 12.1 Å². The van der Waals surface area contributed by atoms with Crippen LogP contribution in [-0.4, -0.2) is 12.0 Å². The Morgan fingerprint density at radius 3 is 3.08 bits per heavy atom. The van der Waals surface area contributed by atoms with Crippen LogP contribution < -0.4 is 4.74 Å². The average molecular weight is 178 g/mol. The lowest BCUT2D eigenvalue weighted by molar-refractivity contribution is -0.400. The predicted octanol–water partition coefficient (Wildman–Crippen LogP) is 1.74. The fourth-order valence-corrected chi connectivity index (χ4v) is 0.830. The number of hydrogen-bond donors (Lipinski definition) is 0. The number of ether oxygens (including phenoxy) is 1. The minimum absolute atomic E-state index is 0.511. The van der Waals surface area contributed by atoms with Gasteiger partial charge in [0.2, 0.25) is 6.20 Å². The van der Waals surface area contributed by atoms with E-state index in [0.29, 0.717) is 11.3 Å². The Labute approximate surface area is 75.6 Å². The second kappa shape index (κ2) is 4.25. The molecule has 0 heterocycles. The van der Waals surface area contributed by atoms with Crippen molar-refractivity contribution >= 4 is 6.08 Å². The molecule has 0 aliphatic heterocycles. The van der Waals surface area contributed by atoms with Crippen LogP contribution in [0.2, 0.25) is 0 Å². The average Bonchev–Trinajstić information content (AvgIpc) is 2.15. The van der Waals surface area contributed by atoms with Crippen molar-refractivity contribution in [2.45, 2.75) is 0 Å². The van der Waals surface area contributed by atoms with Crippen molar-refractivity contribution in [1.82, 2.24) is 0 Å². The Morgan fingerprint density at radius 1 is 1.69 bits per heavy atom. The van der Waals surface area contributed by atoms with Crippen LogP contribution in [0, 0.1) is 16.2 Å². The zero-order chi connectivity index (χ0) is 9.68. The second-order valence-electron chi connectivity index (χ2n) is 2.29. The van der Waals surface area contributed by atoms with E-state index in [1.165, 1.54) is 13.2 Å². The highest BCUT2D eigenvalue weighted by atomic mass is 16.6. The first kappa shape index (κ1) is 9.25. The van der Waals surface area contributed by atoms with Crippen molar-refractivity contribution in [3.05, 3.63) is 46.1 Å². The first-order valence-electron chi connectivity index (χ1n) is 3.60. The van der Waals surface area contributed by atoms with E-state index in [2.05, 4.69) is 6.07 Å². The summed E-state index contributed by atoms with van der Waals surface area (Å²) in [7, 11) is 1.52. The highest BCUT2D eigenvalue weighted by Crippen LogP contribution is 2.12. The maximum atomic E-state index is 10.0. The monoisotopic (exact) mass is 178 g/mol. The van der Waals surface area contributed by atoms with Gasteiger partial charge in [-0.15, -0.1) is 0 Å². The van der Waals surface area contributed by atoms with Crippen LogP contribution in [0.25, 0.3) is 6.08 Å². The second-order valence-corrected chi connectivity index (χ2v) is 2.29. The van der Waals surface area contributed by atoms with E-state index in [9.17, 15) is 10.1 Å². The molecular formula is C9H8NO3. The zero-order valence-corrected chi connectivity index (χ0v) is 7.06. The largest absolute Gasteiger partial charge is 0.496 e. The molecule has 0 fully saturated rings. The maximum Gasteiger partial charge on any atom is 0.235 e. The summed E-state index contributed by atoms with van der Waals surface area (Å²) in [5.74, 6) is 0.561. The zero-order valence-electron chi connectivity index (χ0n) is 7.06. The summed E-state index contributed by atoms with van der Waals surface area (Å²) in [5.41, 5.74) is 0.715. The Balaban J connectivity index is 2.83. The van der Waals surface area contributed by atoms with Gasteiger partial charge >= 0.3 is 0 Å². The molecule has 0 amide bonds. The standard InChI is InChI=1S/C9H8NO3/c1-13-9-4-2-3-8(7-9)5-6-10(11)12/h2-3,5-7H,1H3. The van der Waals surface area contributed by atoms with Gasteiger partial charge < -0.3 is 4.74 Å². The van der Waals surface area contributed by atoms with Gasteiger partial charge in [-0.3, -0.25) is 10.1 Å².